The van der Waals surface area contributed by atoms with Gasteiger partial charge in [0.25, 0.3) is 17.5 Å². The molecule has 2 heterocycles. The third-order valence-electron chi connectivity index (χ3n) is 5.65. The Labute approximate surface area is 193 Å². The van der Waals surface area contributed by atoms with E-state index in [0.29, 0.717) is 5.56 Å². The Bertz CT molecular complexity index is 1230. The van der Waals surface area contributed by atoms with Crippen molar-refractivity contribution in [2.45, 2.75) is 45.3 Å². The first-order valence-electron chi connectivity index (χ1n) is 10.0. The number of amides is 2. The molecule has 8 nitrogen and oxygen atoms in total. The predicted octanol–water partition coefficient (Wildman–Crippen LogP) is 3.31. The van der Waals surface area contributed by atoms with Gasteiger partial charge in [-0.25, -0.2) is 9.83 Å². The van der Waals surface area contributed by atoms with Crippen LogP contribution in [0.4, 0.5) is 13.2 Å². The molecule has 1 aliphatic rings. The van der Waals surface area contributed by atoms with Crippen molar-refractivity contribution in [2.24, 2.45) is 0 Å². The maximum atomic E-state index is 13.3. The van der Waals surface area contributed by atoms with Crippen molar-refractivity contribution in [3.8, 4) is 0 Å². The molecule has 178 valence electrons. The molecule has 2 amide bonds. The number of aromatic nitrogens is 2. The van der Waals surface area contributed by atoms with Gasteiger partial charge in [0.05, 0.1) is 25.1 Å². The monoisotopic (exact) mass is 474 g/mol. The molecule has 0 unspecified atom stereocenters. The minimum absolute atomic E-state index is 0.0388. The lowest BCUT2D eigenvalue weighted by Gasteiger charge is -2.29. The normalized spacial score (nSPS) is 16.6. The molecule has 2 aromatic rings. The summed E-state index contributed by atoms with van der Waals surface area (Å²) >= 11 is 0. The topological polar surface area (TPSA) is 100 Å². The van der Waals surface area contributed by atoms with Crippen LogP contribution in [0, 0.1) is 6.57 Å². The van der Waals surface area contributed by atoms with Crippen LogP contribution < -0.4 is 0 Å². The summed E-state index contributed by atoms with van der Waals surface area (Å²) in [6.07, 6.45) is -2.84. The van der Waals surface area contributed by atoms with Gasteiger partial charge in [-0.2, -0.15) is 13.2 Å². The van der Waals surface area contributed by atoms with Gasteiger partial charge in [0.1, 0.15) is 5.54 Å². The van der Waals surface area contributed by atoms with Crippen LogP contribution >= 0.6 is 0 Å². The zero-order chi connectivity index (χ0) is 25.4. The highest BCUT2D eigenvalue weighted by Crippen LogP contribution is 2.36. The number of aliphatic hydroxyl groups is 2. The molecule has 0 bridgehead atoms. The number of halogens is 3. The predicted molar refractivity (Wildman–Crippen MR) is 114 cm³/mol. The van der Waals surface area contributed by atoms with Gasteiger partial charge >= 0.3 is 6.18 Å². The highest BCUT2D eigenvalue weighted by atomic mass is 19.4. The molecule has 0 saturated heterocycles. The van der Waals surface area contributed by atoms with E-state index in [0.717, 1.165) is 35.8 Å². The Hall–Kier alpha value is -3.75. The first-order valence-corrected chi connectivity index (χ1v) is 10.0. The summed E-state index contributed by atoms with van der Waals surface area (Å²) in [7, 11) is 0. The van der Waals surface area contributed by atoms with Gasteiger partial charge in [-0.3, -0.25) is 14.5 Å². The lowest BCUT2D eigenvalue weighted by Crippen LogP contribution is -2.41. The highest BCUT2D eigenvalue weighted by molar-refractivity contribution is 6.18. The van der Waals surface area contributed by atoms with E-state index in [1.54, 1.807) is 0 Å². The number of carbonyl (C=O) groups is 2. The van der Waals surface area contributed by atoms with Crippen molar-refractivity contribution >= 4 is 17.9 Å². The minimum atomic E-state index is -4.54. The van der Waals surface area contributed by atoms with Crippen molar-refractivity contribution in [2.75, 3.05) is 0 Å². The number of benzene rings is 1. The van der Waals surface area contributed by atoms with E-state index in [1.165, 1.54) is 37.3 Å². The third kappa shape index (κ3) is 4.50. The fourth-order valence-electron chi connectivity index (χ4n) is 3.25. The molecule has 0 fully saturated rings. The van der Waals surface area contributed by atoms with E-state index >= 15 is 0 Å². The summed E-state index contributed by atoms with van der Waals surface area (Å²) in [5.41, 5.74) is -1.70. The summed E-state index contributed by atoms with van der Waals surface area (Å²) in [6, 6.07) is 5.84. The van der Waals surface area contributed by atoms with Crippen molar-refractivity contribution in [3.63, 3.8) is 0 Å². The van der Waals surface area contributed by atoms with Gasteiger partial charge in [0, 0.05) is 17.3 Å². The number of rotatable bonds is 5. The van der Waals surface area contributed by atoms with Gasteiger partial charge in [-0.15, -0.1) is 0 Å². The van der Waals surface area contributed by atoms with E-state index in [1.807, 2.05) is 0 Å². The van der Waals surface area contributed by atoms with Crippen LogP contribution in [0.25, 0.3) is 10.9 Å². The smallest absolute Gasteiger partial charge is 0.364 e. The molecule has 1 aromatic carbocycles. The Morgan fingerprint density at radius 3 is 2.29 bits per heavy atom. The first-order chi connectivity index (χ1) is 15.8. The largest absolute Gasteiger partial charge is 0.411 e. The average molecular weight is 474 g/mol. The lowest BCUT2D eigenvalue weighted by molar-refractivity contribution is -0.202. The maximum absolute atomic E-state index is 13.3. The number of hydrogen-bond donors (Lipinski definition) is 2. The second-order valence-corrected chi connectivity index (χ2v) is 8.22. The summed E-state index contributed by atoms with van der Waals surface area (Å²) in [4.78, 5) is 34.0. The van der Waals surface area contributed by atoms with Gasteiger partial charge in [0.15, 0.2) is 6.29 Å². The minimum Gasteiger partial charge on any atom is -0.364 e. The molecular weight excluding hydrogens is 453 g/mol. The zero-order valence-corrected chi connectivity index (χ0v) is 18.5. The molecule has 0 aliphatic carbocycles. The number of alkyl halides is 3. The molecule has 11 heteroatoms. The molecular formula is C23H21F3N4O4. The second kappa shape index (κ2) is 8.89. The van der Waals surface area contributed by atoms with Crippen LogP contribution in [0.2, 0.25) is 0 Å². The van der Waals surface area contributed by atoms with Crippen LogP contribution in [0.15, 0.2) is 53.6 Å². The molecule has 0 spiro atoms. The number of hydrogen-bond acceptors (Lipinski definition) is 5. The standard InChI is InChI=1S/C23H21F3N4O4/c1-13-17(9-16-11-29(12-28-16)22(2,3)23(24,25)26)19(31)30(20(32)18(13)27-4)10-14-5-7-15(8-6-14)21(33)34/h5-9,11-12,21,33-34H,10H2,1-3H3. The van der Waals surface area contributed by atoms with Crippen molar-refractivity contribution in [1.29, 1.82) is 0 Å². The fraction of sp³-hybridized carbons (Fsp3) is 0.304. The van der Waals surface area contributed by atoms with Gasteiger partial charge in [-0.05, 0) is 38.0 Å². The SMILES string of the molecule is [C-]#[N+]C1=C(C)C(=Cc2cn(C(C)(C)C(F)(F)F)cn2)C(=O)N(Cc2ccc(C(O)O)cc2)C1=O. The van der Waals surface area contributed by atoms with Gasteiger partial charge in [0.2, 0.25) is 0 Å². The van der Waals surface area contributed by atoms with Crippen molar-refractivity contribution in [3.05, 3.63) is 81.9 Å². The summed E-state index contributed by atoms with van der Waals surface area (Å²) in [5, 5.41) is 18.4. The maximum Gasteiger partial charge on any atom is 0.411 e. The van der Waals surface area contributed by atoms with Crippen LogP contribution in [-0.4, -0.2) is 42.7 Å². The number of nitrogens with zero attached hydrogens (tertiary/aromatic N) is 4. The fourth-order valence-corrected chi connectivity index (χ4v) is 3.25. The van der Waals surface area contributed by atoms with E-state index in [-0.39, 0.29) is 34.6 Å². The van der Waals surface area contributed by atoms with Crippen LogP contribution in [0.1, 0.15) is 43.9 Å². The lowest BCUT2D eigenvalue weighted by atomic mass is 9.97. The van der Waals surface area contributed by atoms with Crippen LogP contribution in [0.3, 0.4) is 0 Å². The molecule has 2 N–H and O–H groups in total. The Morgan fingerprint density at radius 1 is 1.15 bits per heavy atom. The van der Waals surface area contributed by atoms with E-state index < -0.39 is 29.8 Å². The van der Waals surface area contributed by atoms with Gasteiger partial charge < -0.3 is 14.8 Å². The molecule has 1 aromatic heterocycles. The third-order valence-corrected chi connectivity index (χ3v) is 5.65. The van der Waals surface area contributed by atoms with Crippen LogP contribution in [0.5, 0.6) is 0 Å². The number of imide groups is 1. The Morgan fingerprint density at radius 2 is 1.76 bits per heavy atom. The molecule has 3 rings (SSSR count). The highest BCUT2D eigenvalue weighted by Gasteiger charge is 2.48. The molecule has 1 aliphatic heterocycles. The van der Waals surface area contributed by atoms with Gasteiger partial charge in [-0.1, -0.05) is 24.3 Å². The van der Waals surface area contributed by atoms with E-state index in [2.05, 4.69) is 9.83 Å². The second-order valence-electron chi connectivity index (χ2n) is 8.22. The summed E-state index contributed by atoms with van der Waals surface area (Å²) in [5.74, 6) is -1.53. The summed E-state index contributed by atoms with van der Waals surface area (Å²) < 4.78 is 40.9. The number of aliphatic hydroxyl groups excluding tert-OH is 1. The Kier molecular flexibility index (Phi) is 6.50. The number of carbonyl (C=O) groups excluding carboxylic acids is 2. The summed E-state index contributed by atoms with van der Waals surface area (Å²) in [6.45, 7) is 10.6. The first kappa shape index (κ1) is 24.9. The molecule has 0 atom stereocenters. The molecule has 0 saturated carbocycles. The molecule has 34 heavy (non-hydrogen) atoms. The van der Waals surface area contributed by atoms with Crippen molar-refractivity contribution in [1.82, 2.24) is 14.5 Å². The molecule has 0 radical (unpaired) electrons. The average Bonchev–Trinajstić information content (AvgIpc) is 3.23. The quantitative estimate of drug-likeness (QED) is 0.300. The van der Waals surface area contributed by atoms with Crippen LogP contribution in [-0.2, 0) is 21.7 Å². The Balaban J connectivity index is 1.99. The zero-order valence-electron chi connectivity index (χ0n) is 18.5. The van der Waals surface area contributed by atoms with E-state index in [9.17, 15) is 33.0 Å². The van der Waals surface area contributed by atoms with E-state index in [4.69, 9.17) is 6.57 Å². The number of imidazole rings is 1. The van der Waals surface area contributed by atoms with Crippen molar-refractivity contribution < 1.29 is 33.0 Å².